The molecule has 8 aromatic rings. The lowest BCUT2D eigenvalue weighted by molar-refractivity contribution is 1.09. The molecule has 5 aromatic heterocycles. The Labute approximate surface area is 348 Å². The van der Waals surface area contributed by atoms with Crippen LogP contribution in [0.25, 0.3) is 78.8 Å². The summed E-state index contributed by atoms with van der Waals surface area (Å²) in [5.74, 6) is 0. The van der Waals surface area contributed by atoms with Crippen LogP contribution in [0.15, 0.2) is 199 Å². The topological polar surface area (TPSA) is 60.9 Å². The minimum absolute atomic E-state index is 0.916. The predicted molar refractivity (Wildman–Crippen MR) is 249 cm³/mol. The summed E-state index contributed by atoms with van der Waals surface area (Å²) in [6.45, 7) is 8.12. The van der Waals surface area contributed by atoms with E-state index in [1.807, 2.05) is 80.4 Å². The number of allylic oxidation sites excluding steroid dienone is 10. The first-order valence-electron chi connectivity index (χ1n) is 19.9. The highest BCUT2D eigenvalue weighted by molar-refractivity contribution is 6.10. The SMILES string of the molecule is C=C/C=C(\C=C/C)C1=CC(c2ccc3c(c2C)c2ncccc2n3-c2cccc(-n3c4c(c5ncccc53)C=C=C(c3cncc(-c5ccccc5)c3)C=C4)c2)=C=CN=C1. The fraction of sp³-hybridized carbons (Fsp3) is 0.0370. The van der Waals surface area contributed by atoms with Gasteiger partial charge in [0.05, 0.1) is 39.5 Å². The maximum atomic E-state index is 4.98. The van der Waals surface area contributed by atoms with Gasteiger partial charge in [0.15, 0.2) is 0 Å². The summed E-state index contributed by atoms with van der Waals surface area (Å²) in [6.07, 6.45) is 27.6. The van der Waals surface area contributed by atoms with Crippen molar-refractivity contribution >= 4 is 62.5 Å². The second-order valence-corrected chi connectivity index (χ2v) is 14.7. The molecule has 0 saturated carbocycles. The maximum absolute atomic E-state index is 4.98. The van der Waals surface area contributed by atoms with Crippen molar-refractivity contribution in [2.24, 2.45) is 4.99 Å². The minimum atomic E-state index is 0.916. The Balaban J connectivity index is 1.09. The third-order valence-electron chi connectivity index (χ3n) is 11.1. The molecule has 0 bridgehead atoms. The molecule has 0 saturated heterocycles. The maximum Gasteiger partial charge on any atom is 0.0969 e. The second kappa shape index (κ2) is 15.3. The summed E-state index contributed by atoms with van der Waals surface area (Å²) in [7, 11) is 0. The van der Waals surface area contributed by atoms with Crippen LogP contribution in [-0.2, 0) is 0 Å². The number of aromatic nitrogens is 5. The van der Waals surface area contributed by atoms with Crippen LogP contribution in [0, 0.1) is 6.92 Å². The zero-order chi connectivity index (χ0) is 40.6. The van der Waals surface area contributed by atoms with Gasteiger partial charge in [-0.2, -0.15) is 0 Å². The first-order valence-corrected chi connectivity index (χ1v) is 19.9. The second-order valence-electron chi connectivity index (χ2n) is 14.7. The lowest BCUT2D eigenvalue weighted by atomic mass is 9.94. The van der Waals surface area contributed by atoms with E-state index in [-0.39, 0.29) is 0 Å². The molecule has 284 valence electrons. The molecule has 6 heterocycles. The van der Waals surface area contributed by atoms with Crippen LogP contribution in [0.1, 0.15) is 34.9 Å². The van der Waals surface area contributed by atoms with Crippen molar-refractivity contribution in [1.82, 2.24) is 24.1 Å². The van der Waals surface area contributed by atoms with Gasteiger partial charge in [-0.1, -0.05) is 79.1 Å². The Morgan fingerprint density at radius 1 is 0.717 bits per heavy atom. The standard InChI is InChI=1S/C54H38N6/c1-4-12-37(13-5-2)41-30-40(26-29-55-33-41)46-23-25-49-52(36(46)3)54-51(19-11-28-58-54)60(49)45-17-9-16-44(32-45)59-48-24-21-39(20-22-47(48)53-50(59)18-10-27-57-53)43-31-42(34-56-35-43)38-14-7-6-8-15-38/h4-19,21-25,27-35H,1H2,2-3H3/b13-5-,37-12+. The number of fused-ring (bicyclic) bond motifs is 6. The van der Waals surface area contributed by atoms with Gasteiger partial charge < -0.3 is 9.13 Å². The Hall–Kier alpha value is -8.14. The smallest absolute Gasteiger partial charge is 0.0969 e. The fourth-order valence-electron chi connectivity index (χ4n) is 8.41. The Morgan fingerprint density at radius 2 is 1.50 bits per heavy atom. The van der Waals surface area contributed by atoms with Gasteiger partial charge >= 0.3 is 0 Å². The third kappa shape index (κ3) is 6.26. The molecule has 1 aliphatic carbocycles. The van der Waals surface area contributed by atoms with E-state index in [1.54, 1.807) is 12.3 Å². The van der Waals surface area contributed by atoms with Gasteiger partial charge in [-0.3, -0.25) is 19.9 Å². The molecular formula is C54H38N6. The van der Waals surface area contributed by atoms with E-state index in [0.29, 0.717) is 0 Å². The van der Waals surface area contributed by atoms with Crippen LogP contribution < -0.4 is 0 Å². The lowest BCUT2D eigenvalue weighted by Gasteiger charge is -2.14. The number of hydrogen-bond donors (Lipinski definition) is 0. The fourth-order valence-corrected chi connectivity index (χ4v) is 8.41. The largest absolute Gasteiger partial charge is 0.308 e. The molecule has 0 amide bonds. The van der Waals surface area contributed by atoms with Crippen LogP contribution in [0.4, 0.5) is 0 Å². The van der Waals surface area contributed by atoms with Gasteiger partial charge in [0.2, 0.25) is 0 Å². The molecule has 3 aromatic carbocycles. The molecule has 0 spiro atoms. The van der Waals surface area contributed by atoms with E-state index in [2.05, 4.69) is 141 Å². The molecule has 0 fully saturated rings. The van der Waals surface area contributed by atoms with E-state index >= 15 is 0 Å². The van der Waals surface area contributed by atoms with Crippen molar-refractivity contribution in [2.45, 2.75) is 13.8 Å². The number of pyridine rings is 3. The molecule has 6 heteroatoms. The summed E-state index contributed by atoms with van der Waals surface area (Å²) in [6, 6.07) is 33.9. The number of aliphatic imine (C=N–C) groups is 1. The Bertz CT molecular complexity index is 3360. The van der Waals surface area contributed by atoms with Gasteiger partial charge in [0, 0.05) is 81.2 Å². The minimum Gasteiger partial charge on any atom is -0.308 e. The van der Waals surface area contributed by atoms with Crippen LogP contribution >= 0.6 is 0 Å². The Kier molecular flexibility index (Phi) is 9.24. The molecule has 6 nitrogen and oxygen atoms in total. The first kappa shape index (κ1) is 36.2. The number of aryl methyl sites for hydroxylation is 1. The summed E-state index contributed by atoms with van der Waals surface area (Å²) in [4.78, 5) is 19.0. The highest BCUT2D eigenvalue weighted by atomic mass is 15.0. The molecule has 2 aliphatic rings. The van der Waals surface area contributed by atoms with Crippen molar-refractivity contribution in [3.8, 4) is 22.5 Å². The highest BCUT2D eigenvalue weighted by Crippen LogP contribution is 2.39. The quantitative estimate of drug-likeness (QED) is 0.114. The molecule has 60 heavy (non-hydrogen) atoms. The molecule has 0 radical (unpaired) electrons. The van der Waals surface area contributed by atoms with E-state index in [0.717, 1.165) is 106 Å². The average Bonchev–Trinajstić information content (AvgIpc) is 3.54. The van der Waals surface area contributed by atoms with Gasteiger partial charge in [0.25, 0.3) is 0 Å². The Morgan fingerprint density at radius 3 is 2.32 bits per heavy atom. The first-order chi connectivity index (χ1) is 29.6. The van der Waals surface area contributed by atoms with Crippen molar-refractivity contribution in [3.05, 3.63) is 222 Å². The predicted octanol–water partition coefficient (Wildman–Crippen LogP) is 12.8. The molecule has 0 N–H and O–H groups in total. The summed E-state index contributed by atoms with van der Waals surface area (Å²) >= 11 is 0. The molecule has 10 rings (SSSR count). The van der Waals surface area contributed by atoms with Crippen LogP contribution in [-0.4, -0.2) is 30.3 Å². The van der Waals surface area contributed by atoms with Gasteiger partial charge in [-0.25, -0.2) is 0 Å². The molecular weight excluding hydrogens is 733 g/mol. The van der Waals surface area contributed by atoms with Crippen molar-refractivity contribution < 1.29 is 0 Å². The number of benzene rings is 3. The average molecular weight is 771 g/mol. The van der Waals surface area contributed by atoms with Gasteiger partial charge in [-0.05, 0) is 115 Å². The van der Waals surface area contributed by atoms with E-state index in [1.165, 1.54) is 0 Å². The van der Waals surface area contributed by atoms with E-state index in [4.69, 9.17) is 9.97 Å². The summed E-state index contributed by atoms with van der Waals surface area (Å²) in [5.41, 5.74) is 25.4. The number of rotatable bonds is 8. The third-order valence-corrected chi connectivity index (χ3v) is 11.1. The number of hydrogen-bond acceptors (Lipinski definition) is 4. The van der Waals surface area contributed by atoms with Gasteiger partial charge in [-0.15, -0.1) is 5.73 Å². The van der Waals surface area contributed by atoms with Crippen molar-refractivity contribution in [2.75, 3.05) is 0 Å². The lowest BCUT2D eigenvalue weighted by Crippen LogP contribution is -2.00. The summed E-state index contributed by atoms with van der Waals surface area (Å²) < 4.78 is 4.62. The summed E-state index contributed by atoms with van der Waals surface area (Å²) in [5, 5.41) is 1.10. The van der Waals surface area contributed by atoms with Crippen LogP contribution in [0.5, 0.6) is 0 Å². The number of nitrogens with zero attached hydrogens (tertiary/aromatic N) is 6. The van der Waals surface area contributed by atoms with Crippen molar-refractivity contribution in [1.29, 1.82) is 0 Å². The highest BCUT2D eigenvalue weighted by Gasteiger charge is 2.21. The zero-order valence-electron chi connectivity index (χ0n) is 33.2. The van der Waals surface area contributed by atoms with E-state index < -0.39 is 0 Å². The van der Waals surface area contributed by atoms with Crippen LogP contribution in [0.2, 0.25) is 0 Å². The van der Waals surface area contributed by atoms with Crippen LogP contribution in [0.3, 0.4) is 0 Å². The van der Waals surface area contributed by atoms with Gasteiger partial charge in [0.1, 0.15) is 0 Å². The molecule has 1 aliphatic heterocycles. The van der Waals surface area contributed by atoms with Crippen molar-refractivity contribution in [3.63, 3.8) is 0 Å². The van der Waals surface area contributed by atoms with E-state index in [9.17, 15) is 0 Å². The normalized spacial score (nSPS) is 13.8. The monoisotopic (exact) mass is 770 g/mol. The molecule has 0 atom stereocenters. The molecule has 0 unspecified atom stereocenters. The zero-order valence-corrected chi connectivity index (χ0v) is 33.2.